The van der Waals surface area contributed by atoms with Crippen molar-refractivity contribution in [1.29, 1.82) is 0 Å². The number of carbonyl (C=O) groups excluding carboxylic acids is 2. The lowest BCUT2D eigenvalue weighted by Crippen LogP contribution is -2.31. The summed E-state index contributed by atoms with van der Waals surface area (Å²) in [5.41, 5.74) is 1.92. The molecule has 28 heavy (non-hydrogen) atoms. The molecule has 1 N–H and O–H groups in total. The number of nitrogens with zero attached hydrogens (tertiary/aromatic N) is 3. The second kappa shape index (κ2) is 8.04. The van der Waals surface area contributed by atoms with Crippen LogP contribution in [0.5, 0.6) is 5.75 Å². The minimum absolute atomic E-state index is 0.0548. The van der Waals surface area contributed by atoms with Crippen LogP contribution in [0.4, 0.5) is 5.69 Å². The first-order chi connectivity index (χ1) is 13.7. The highest BCUT2D eigenvalue weighted by Crippen LogP contribution is 2.24. The van der Waals surface area contributed by atoms with Crippen molar-refractivity contribution in [2.75, 3.05) is 25.0 Å². The van der Waals surface area contributed by atoms with Crippen molar-refractivity contribution in [2.24, 2.45) is 0 Å². The Bertz CT molecular complexity index is 867. The predicted octanol–water partition coefficient (Wildman–Crippen LogP) is 3.11. The first kappa shape index (κ1) is 18.5. The van der Waals surface area contributed by atoms with E-state index in [-0.39, 0.29) is 11.8 Å². The maximum atomic E-state index is 12.9. The number of fused-ring (bicyclic) bond motifs is 1. The molecular weight excluding hydrogens is 356 g/mol. The lowest BCUT2D eigenvalue weighted by molar-refractivity contribution is 0.0774. The van der Waals surface area contributed by atoms with Crippen molar-refractivity contribution >= 4 is 17.5 Å². The Kier molecular flexibility index (Phi) is 5.32. The first-order valence-corrected chi connectivity index (χ1v) is 10.1. The van der Waals surface area contributed by atoms with E-state index in [1.54, 1.807) is 0 Å². The van der Waals surface area contributed by atoms with E-state index in [1.807, 2.05) is 40.7 Å². The van der Waals surface area contributed by atoms with Crippen molar-refractivity contribution < 1.29 is 14.3 Å². The molecule has 1 saturated heterocycles. The summed E-state index contributed by atoms with van der Waals surface area (Å²) in [4.78, 5) is 32.2. The SMILES string of the molecule is CCOc1ccc(NC(=O)c2nc(C(=O)N3CCCC3)n3c2CCCC3)cc1. The van der Waals surface area contributed by atoms with Crippen molar-refractivity contribution in [3.63, 3.8) is 0 Å². The Morgan fingerprint density at radius 3 is 2.50 bits per heavy atom. The fourth-order valence-electron chi connectivity index (χ4n) is 3.94. The molecule has 0 radical (unpaired) electrons. The van der Waals surface area contributed by atoms with Gasteiger partial charge in [-0.15, -0.1) is 0 Å². The third-order valence-corrected chi connectivity index (χ3v) is 5.34. The lowest BCUT2D eigenvalue weighted by Gasteiger charge is -2.19. The minimum Gasteiger partial charge on any atom is -0.494 e. The number of rotatable bonds is 5. The van der Waals surface area contributed by atoms with Gasteiger partial charge in [0, 0.05) is 25.3 Å². The van der Waals surface area contributed by atoms with Crippen LogP contribution in [0.1, 0.15) is 59.4 Å². The van der Waals surface area contributed by atoms with Gasteiger partial charge in [0.1, 0.15) is 5.75 Å². The molecule has 1 aromatic heterocycles. The van der Waals surface area contributed by atoms with Crippen molar-refractivity contribution in [1.82, 2.24) is 14.5 Å². The Labute approximate surface area is 164 Å². The molecule has 7 nitrogen and oxygen atoms in total. The fourth-order valence-corrected chi connectivity index (χ4v) is 3.94. The van der Waals surface area contributed by atoms with Gasteiger partial charge in [0.25, 0.3) is 11.8 Å². The van der Waals surface area contributed by atoms with Gasteiger partial charge in [-0.3, -0.25) is 9.59 Å². The number of aromatic nitrogens is 2. The standard InChI is InChI=1S/C21H26N4O3/c1-2-28-16-10-8-15(9-11-16)22-20(26)18-17-7-3-4-14-25(17)19(23-18)21(27)24-12-5-6-13-24/h8-11H,2-7,12-14H2,1H3,(H,22,26). The van der Waals surface area contributed by atoms with Crippen molar-refractivity contribution in [2.45, 2.75) is 45.6 Å². The Balaban J connectivity index is 1.58. The molecule has 0 aliphatic carbocycles. The Hall–Kier alpha value is -2.83. The van der Waals surface area contributed by atoms with E-state index >= 15 is 0 Å². The normalized spacial score (nSPS) is 16.0. The number of anilines is 1. The highest BCUT2D eigenvalue weighted by molar-refractivity contribution is 6.05. The molecule has 2 aliphatic rings. The molecule has 0 bridgehead atoms. The molecule has 1 fully saturated rings. The quantitative estimate of drug-likeness (QED) is 0.862. The van der Waals surface area contributed by atoms with Crippen LogP contribution in [0.25, 0.3) is 0 Å². The maximum absolute atomic E-state index is 12.9. The van der Waals surface area contributed by atoms with E-state index in [4.69, 9.17) is 4.74 Å². The number of carbonyl (C=O) groups is 2. The molecule has 2 aliphatic heterocycles. The molecule has 2 amide bonds. The molecule has 3 heterocycles. The summed E-state index contributed by atoms with van der Waals surface area (Å²) in [6.45, 7) is 4.82. The third kappa shape index (κ3) is 3.61. The predicted molar refractivity (Wildman–Crippen MR) is 106 cm³/mol. The molecule has 0 saturated carbocycles. The van der Waals surface area contributed by atoms with Gasteiger partial charge in [-0.25, -0.2) is 4.98 Å². The molecule has 1 aromatic carbocycles. The molecule has 0 atom stereocenters. The van der Waals surface area contributed by atoms with Crippen LogP contribution in [-0.2, 0) is 13.0 Å². The second-order valence-corrected chi connectivity index (χ2v) is 7.25. The number of ether oxygens (including phenoxy) is 1. The average Bonchev–Trinajstić information content (AvgIpc) is 3.37. The Morgan fingerprint density at radius 1 is 1.07 bits per heavy atom. The zero-order chi connectivity index (χ0) is 19.5. The summed E-state index contributed by atoms with van der Waals surface area (Å²) in [7, 11) is 0. The maximum Gasteiger partial charge on any atom is 0.289 e. The summed E-state index contributed by atoms with van der Waals surface area (Å²) in [6.07, 6.45) is 4.84. The van der Waals surface area contributed by atoms with Gasteiger partial charge < -0.3 is 19.5 Å². The van der Waals surface area contributed by atoms with Crippen LogP contribution < -0.4 is 10.1 Å². The van der Waals surface area contributed by atoms with Crippen LogP contribution in [0.15, 0.2) is 24.3 Å². The van der Waals surface area contributed by atoms with E-state index in [9.17, 15) is 9.59 Å². The lowest BCUT2D eigenvalue weighted by atomic mass is 10.1. The summed E-state index contributed by atoms with van der Waals surface area (Å²) >= 11 is 0. The average molecular weight is 382 g/mol. The van der Waals surface area contributed by atoms with Gasteiger partial charge in [-0.05, 0) is 63.3 Å². The second-order valence-electron chi connectivity index (χ2n) is 7.25. The summed E-state index contributed by atoms with van der Waals surface area (Å²) in [5, 5.41) is 2.90. The highest BCUT2D eigenvalue weighted by Gasteiger charge is 2.30. The van der Waals surface area contributed by atoms with Crippen LogP contribution in [0.3, 0.4) is 0 Å². The van der Waals surface area contributed by atoms with Gasteiger partial charge in [-0.1, -0.05) is 0 Å². The van der Waals surface area contributed by atoms with Gasteiger partial charge in [0.05, 0.1) is 12.3 Å². The number of nitrogens with one attached hydrogen (secondary N) is 1. The number of hydrogen-bond acceptors (Lipinski definition) is 4. The van der Waals surface area contributed by atoms with Crippen LogP contribution in [0, 0.1) is 0 Å². The van der Waals surface area contributed by atoms with Gasteiger partial charge >= 0.3 is 0 Å². The van der Waals surface area contributed by atoms with E-state index < -0.39 is 0 Å². The molecule has 4 rings (SSSR count). The Morgan fingerprint density at radius 2 is 1.79 bits per heavy atom. The molecule has 0 unspecified atom stereocenters. The summed E-state index contributed by atoms with van der Waals surface area (Å²) in [5.74, 6) is 0.850. The van der Waals surface area contributed by atoms with Gasteiger partial charge in [0.2, 0.25) is 0 Å². The molecule has 7 heteroatoms. The molecule has 148 valence electrons. The minimum atomic E-state index is -0.268. The largest absolute Gasteiger partial charge is 0.494 e. The highest BCUT2D eigenvalue weighted by atomic mass is 16.5. The third-order valence-electron chi connectivity index (χ3n) is 5.34. The molecule has 2 aromatic rings. The van der Waals surface area contributed by atoms with Crippen molar-refractivity contribution in [3.05, 3.63) is 41.5 Å². The summed E-state index contributed by atoms with van der Waals surface area (Å²) in [6, 6.07) is 7.26. The number of likely N-dealkylation sites (tertiary alicyclic amines) is 1. The van der Waals surface area contributed by atoms with Crippen LogP contribution in [0.2, 0.25) is 0 Å². The number of benzene rings is 1. The van der Waals surface area contributed by atoms with E-state index in [0.29, 0.717) is 23.8 Å². The number of amides is 2. The van der Waals surface area contributed by atoms with Gasteiger partial charge in [-0.2, -0.15) is 0 Å². The first-order valence-electron chi connectivity index (χ1n) is 10.1. The van der Waals surface area contributed by atoms with Crippen LogP contribution in [-0.4, -0.2) is 46.0 Å². The molecular formula is C21H26N4O3. The monoisotopic (exact) mass is 382 g/mol. The molecule has 0 spiro atoms. The van der Waals surface area contributed by atoms with E-state index in [1.165, 1.54) is 0 Å². The smallest absolute Gasteiger partial charge is 0.289 e. The van der Waals surface area contributed by atoms with Gasteiger partial charge in [0.15, 0.2) is 11.5 Å². The van der Waals surface area contributed by atoms with Crippen LogP contribution >= 0.6 is 0 Å². The van der Waals surface area contributed by atoms with Crippen molar-refractivity contribution in [3.8, 4) is 5.75 Å². The topological polar surface area (TPSA) is 76.5 Å². The zero-order valence-electron chi connectivity index (χ0n) is 16.2. The summed E-state index contributed by atoms with van der Waals surface area (Å²) < 4.78 is 7.39. The number of hydrogen-bond donors (Lipinski definition) is 1. The van der Waals surface area contributed by atoms with E-state index in [2.05, 4.69) is 10.3 Å². The van der Waals surface area contributed by atoms with E-state index in [0.717, 1.165) is 63.2 Å². The zero-order valence-corrected chi connectivity index (χ0v) is 16.2. The number of imidazole rings is 1. The fraction of sp³-hybridized carbons (Fsp3) is 0.476.